The summed E-state index contributed by atoms with van der Waals surface area (Å²) in [6.45, 7) is 0. The normalized spacial score (nSPS) is 7.50. The summed E-state index contributed by atoms with van der Waals surface area (Å²) in [6.07, 6.45) is 0. The predicted octanol–water partition coefficient (Wildman–Crippen LogP) is -75.1. The quantitative estimate of drug-likeness (QED) is 0.123. The maximum absolute atomic E-state index is 10.2. The maximum Gasteiger partial charge on any atom is 1.00 e. The molecule has 0 aliphatic rings. The van der Waals surface area contributed by atoms with Crippen molar-refractivity contribution in [1.82, 2.24) is 0 Å². The minimum atomic E-state index is -5.86. The molecule has 0 aromatic heterocycles. The minimum absolute atomic E-state index is 0. The molecule has 0 atom stereocenters. The van der Waals surface area contributed by atoms with Crippen molar-refractivity contribution < 1.29 is 1350 Å². The first-order chi connectivity index (χ1) is 12.0. The van der Waals surface area contributed by atoms with E-state index < -0.39 is 54.8 Å². The van der Waals surface area contributed by atoms with Gasteiger partial charge in [0.05, 0.1) is 0 Å². The van der Waals surface area contributed by atoms with E-state index >= 15 is 0 Å². The average Bonchev–Trinajstić information content (AvgIpc) is 1.94. The Labute approximate surface area is 1340 Å². The van der Waals surface area contributed by atoms with Crippen molar-refractivity contribution in [1.29, 1.82) is 0 Å². The molecule has 0 bridgehead atoms. The summed E-state index contributed by atoms with van der Waals surface area (Å²) in [7, 11) is -35.2. The van der Waals surface area contributed by atoms with E-state index in [9.17, 15) is 24.6 Å². The molecule has 0 spiro atoms. The summed E-state index contributed by atoms with van der Waals surface area (Å²) in [5, 5.41) is 0. The second kappa shape index (κ2) is 109. The fraction of sp³-hybridized carbons (Fsp3) is 0. The van der Waals surface area contributed by atoms with Crippen LogP contribution < -0.4 is 1330 Å². The summed E-state index contributed by atoms with van der Waals surface area (Å²) < 4.78 is 61.0. The Balaban J connectivity index is -0.00000000609. The van der Waals surface area contributed by atoms with Gasteiger partial charge in [-0.1, -0.05) is 54.8 Å². The molecule has 0 saturated carbocycles. The van der Waals surface area contributed by atoms with Crippen molar-refractivity contribution in [2.45, 2.75) is 0 Å². The first kappa shape index (κ1) is 161. The van der Waals surface area contributed by atoms with E-state index in [0.717, 1.165) is 0 Å². The molecule has 48 heteroatoms. The Bertz CT molecular complexity index is 273. The fourth-order valence-electron chi connectivity index (χ4n) is 0. The van der Waals surface area contributed by atoms with Crippen molar-refractivity contribution in [2.24, 2.45) is 0 Å². The topological polar surface area (TPSA) is 415 Å². The molecule has 18 nitrogen and oxygen atoms in total. The Hall–Kier alpha value is 37.1. The SMILES string of the molecule is [Cs+].[Cs+].[Cs+].[Cs+].[Cs+].[Cs+].[Cs+].[Cs+].[Cs+].[Cs+].[Cs+].[Cs+].[Cs+].[Cs+].[Cs+].[Cs+].[Cs+].[Cs+].[O-][Si]([O-])([O-])F.[O-][Si]([O-])([O-])F.[O-][Si]([O-])([O-])F.[O-][Si]([O-])([O-])F.[O-][Si]([O-])([O-])F.[O-][Si]([O-])([O-])F. The van der Waals surface area contributed by atoms with Gasteiger partial charge in [0, 0.05) is 0 Å². The Morgan fingerprint density at radius 2 is 0.146 bits per heavy atom. The van der Waals surface area contributed by atoms with Gasteiger partial charge in [-0.3, -0.25) is 0 Å². The zero-order chi connectivity index (χ0) is 27.0. The zero-order valence-corrected chi connectivity index (χ0v) is 150. The Morgan fingerprint density at radius 3 is 0.146 bits per heavy atom. The summed E-state index contributed by atoms with van der Waals surface area (Å²) >= 11 is 0. The minimum Gasteiger partial charge on any atom is -0.857 e. The summed E-state index contributed by atoms with van der Waals surface area (Å²) in [6, 6.07) is 0. The van der Waals surface area contributed by atoms with Gasteiger partial charge < -0.3 is 111 Å². The van der Waals surface area contributed by atoms with Crippen LogP contribution in [0.1, 0.15) is 0 Å². The summed E-state index contributed by atoms with van der Waals surface area (Å²) in [5.74, 6) is 0. The van der Waals surface area contributed by atoms with Gasteiger partial charge >= 0.3 is 1240 Å². The summed E-state index contributed by atoms with van der Waals surface area (Å²) in [5.41, 5.74) is 0. The molecule has 0 unspecified atom stereocenters. The first-order valence-electron chi connectivity index (χ1n) is 4.81. The second-order valence-corrected chi connectivity index (χ2v) is 8.67. The Kier molecular flexibility index (Phi) is 365. The van der Waals surface area contributed by atoms with Crippen molar-refractivity contribution in [3.63, 3.8) is 0 Å². The molecular weight excluding hydrogens is 2960 g/mol. The molecule has 0 aliphatic carbocycles. The van der Waals surface area contributed by atoms with E-state index in [1.165, 1.54) is 0 Å². The monoisotopic (exact) mass is 2960 g/mol. The van der Waals surface area contributed by atoms with Gasteiger partial charge in [0.25, 0.3) is 0 Å². The van der Waals surface area contributed by atoms with E-state index in [1.807, 2.05) is 0 Å². The molecule has 0 aromatic rings. The molecule has 0 heterocycles. The van der Waals surface area contributed by atoms with Gasteiger partial charge in [-0.05, 0) is 0 Å². The molecule has 0 radical (unpaired) electrons. The van der Waals surface area contributed by atoms with E-state index in [1.54, 1.807) is 0 Å². The van der Waals surface area contributed by atoms with Crippen LogP contribution in [0.25, 0.3) is 0 Å². The van der Waals surface area contributed by atoms with Gasteiger partial charge in [0.1, 0.15) is 0 Å². The van der Waals surface area contributed by atoms with Gasteiger partial charge in [-0.2, -0.15) is 0 Å². The maximum atomic E-state index is 10.2. The van der Waals surface area contributed by atoms with Gasteiger partial charge in [-0.25, -0.2) is 0 Å². The molecule has 48 heavy (non-hydrogen) atoms. The third-order valence-electron chi connectivity index (χ3n) is 0. The van der Waals surface area contributed by atoms with Crippen LogP contribution in [-0.4, -0.2) is 54.8 Å². The third kappa shape index (κ3) is 407. The first-order valence-corrected chi connectivity index (χ1v) is 14.4. The largest absolute Gasteiger partial charge is 1.00 e. The Morgan fingerprint density at radius 1 is 0.146 bits per heavy atom. The van der Waals surface area contributed by atoms with Crippen LogP contribution in [-0.2, 0) is 0 Å². The van der Waals surface area contributed by atoms with Crippen molar-refractivity contribution >= 4 is 54.8 Å². The van der Waals surface area contributed by atoms with Crippen molar-refractivity contribution in [3.05, 3.63) is 0 Å². The molecular formula is Cs18F6O18Si6. The molecule has 0 rings (SSSR count). The van der Waals surface area contributed by atoms with Crippen LogP contribution in [0.4, 0.5) is 24.6 Å². The van der Waals surface area contributed by atoms with E-state index in [0.29, 0.717) is 0 Å². The van der Waals surface area contributed by atoms with Crippen LogP contribution in [0.5, 0.6) is 0 Å². The molecule has 0 amide bonds. The van der Waals surface area contributed by atoms with E-state index in [2.05, 4.69) is 0 Å². The van der Waals surface area contributed by atoms with Crippen LogP contribution in [0, 0.1) is 0 Å². The van der Waals surface area contributed by atoms with Gasteiger partial charge in [-0.15, -0.1) is 0 Å². The van der Waals surface area contributed by atoms with Crippen molar-refractivity contribution in [3.8, 4) is 0 Å². The molecule has 0 aliphatic heterocycles. The smallest absolute Gasteiger partial charge is 0.857 e. The third-order valence-corrected chi connectivity index (χ3v) is 0. The van der Waals surface area contributed by atoms with Gasteiger partial charge in [0.15, 0.2) is 0 Å². The average molecular weight is 2960 g/mol. The van der Waals surface area contributed by atoms with Gasteiger partial charge in [0.2, 0.25) is 0 Å². The zero-order valence-electron chi connectivity index (χ0n) is 30.6. The van der Waals surface area contributed by atoms with Crippen molar-refractivity contribution in [2.75, 3.05) is 0 Å². The molecule has 0 fully saturated rings. The number of hydrogen-bond acceptors (Lipinski definition) is 18. The second-order valence-electron chi connectivity index (χ2n) is 2.89. The van der Waals surface area contributed by atoms with E-state index in [-0.39, 0.29) is 1240 Å². The fourth-order valence-corrected chi connectivity index (χ4v) is 0. The number of halogens is 6. The molecule has 0 aromatic carbocycles. The van der Waals surface area contributed by atoms with E-state index in [4.69, 9.17) is 86.3 Å². The van der Waals surface area contributed by atoms with Crippen LogP contribution >= 0.6 is 0 Å². The molecule has 0 N–H and O–H groups in total. The summed E-state index contributed by atoms with van der Waals surface area (Å²) in [4.78, 5) is 152. The van der Waals surface area contributed by atoms with Crippen LogP contribution in [0.15, 0.2) is 0 Å². The number of hydrogen-bond donors (Lipinski definition) is 0. The predicted molar refractivity (Wildman–Crippen MR) is 41.2 cm³/mol. The van der Waals surface area contributed by atoms with Crippen LogP contribution in [0.2, 0.25) is 0 Å². The molecule has 192 valence electrons. The molecule has 0 saturated heterocycles. The van der Waals surface area contributed by atoms with Crippen LogP contribution in [0.3, 0.4) is 0 Å². The number of rotatable bonds is 0. The standard InChI is InChI=1S/18Cs.6FO3Si/c;;;;;;;;;;;;;;;;;;6*1-5(2,3)4/q18*+1;6*-3.